The lowest BCUT2D eigenvalue weighted by Gasteiger charge is -2.16. The third-order valence-electron chi connectivity index (χ3n) is 2.25. The number of hydrogen-bond donors (Lipinski definition) is 0. The van der Waals surface area contributed by atoms with Gasteiger partial charge in [-0.2, -0.15) is 0 Å². The fraction of sp³-hybridized carbons (Fsp3) is 0.600. The molecule has 0 amide bonds. The Balaban J connectivity index is 2.85. The van der Waals surface area contributed by atoms with Crippen LogP contribution in [0, 0.1) is 6.07 Å². The summed E-state index contributed by atoms with van der Waals surface area (Å²) in [6, 6.07) is 6.64. The van der Waals surface area contributed by atoms with Crippen LogP contribution in [0.25, 0.3) is 0 Å². The molecule has 0 bridgehead atoms. The number of benzene rings is 1. The van der Waals surface area contributed by atoms with Crippen LogP contribution in [-0.2, 0) is 0 Å². The van der Waals surface area contributed by atoms with Crippen LogP contribution in [0.3, 0.4) is 0 Å². The lowest BCUT2D eigenvalue weighted by molar-refractivity contribution is 0.243. The first-order valence-electron chi connectivity index (χ1n) is 6.75. The molecule has 1 aromatic carbocycles. The molecule has 0 spiro atoms. The highest BCUT2D eigenvalue weighted by atomic mass is 16.5. The van der Waals surface area contributed by atoms with Crippen LogP contribution < -0.4 is 14.2 Å². The van der Waals surface area contributed by atoms with Gasteiger partial charge in [-0.25, -0.2) is 0 Å². The highest BCUT2D eigenvalue weighted by molar-refractivity contribution is 5.50. The molecule has 0 saturated carbocycles. The van der Waals surface area contributed by atoms with E-state index in [1.165, 1.54) is 0 Å². The molecule has 18 heavy (non-hydrogen) atoms. The molecule has 0 fully saturated rings. The van der Waals surface area contributed by atoms with Crippen LogP contribution in [0.1, 0.15) is 40.0 Å². The van der Waals surface area contributed by atoms with Gasteiger partial charge in [-0.3, -0.25) is 0 Å². The van der Waals surface area contributed by atoms with Crippen LogP contribution in [-0.4, -0.2) is 19.8 Å². The Morgan fingerprint density at radius 3 is 1.67 bits per heavy atom. The molecule has 101 valence electrons. The van der Waals surface area contributed by atoms with Crippen LogP contribution in [0.5, 0.6) is 17.2 Å². The second-order valence-corrected chi connectivity index (χ2v) is 4.06. The first-order valence-corrected chi connectivity index (χ1v) is 6.75. The molecular formula is C15H23O3. The zero-order valence-electron chi connectivity index (χ0n) is 11.6. The summed E-state index contributed by atoms with van der Waals surface area (Å²) in [5.41, 5.74) is 0. The van der Waals surface area contributed by atoms with E-state index < -0.39 is 0 Å². The fourth-order valence-electron chi connectivity index (χ4n) is 1.43. The van der Waals surface area contributed by atoms with Gasteiger partial charge in [0.05, 0.1) is 19.8 Å². The normalized spacial score (nSPS) is 10.2. The Morgan fingerprint density at radius 2 is 1.22 bits per heavy atom. The standard InChI is InChI=1S/C15H23O3/c1-4-10-16-13-8-7-9-14(17-11-5-2)15(13)18-12-6-3/h8-9H,4-6,10-12H2,1-3H3. The Bertz CT molecular complexity index is 310. The first kappa shape index (κ1) is 14.7. The van der Waals surface area contributed by atoms with Gasteiger partial charge in [-0.1, -0.05) is 20.8 Å². The zero-order chi connectivity index (χ0) is 13.2. The number of rotatable bonds is 9. The van der Waals surface area contributed by atoms with Gasteiger partial charge in [0.25, 0.3) is 0 Å². The summed E-state index contributed by atoms with van der Waals surface area (Å²) in [6.07, 6.45) is 2.89. The van der Waals surface area contributed by atoms with Gasteiger partial charge in [-0.15, -0.1) is 0 Å². The Morgan fingerprint density at radius 1 is 0.778 bits per heavy atom. The largest absolute Gasteiger partial charge is 0.490 e. The lowest BCUT2D eigenvalue weighted by atomic mass is 10.3. The molecule has 3 nitrogen and oxygen atoms in total. The van der Waals surface area contributed by atoms with Crippen molar-refractivity contribution in [3.05, 3.63) is 18.2 Å². The monoisotopic (exact) mass is 251 g/mol. The highest BCUT2D eigenvalue weighted by Crippen LogP contribution is 2.37. The Labute approximate surface area is 110 Å². The molecule has 0 aliphatic heterocycles. The van der Waals surface area contributed by atoms with Crippen molar-refractivity contribution in [2.75, 3.05) is 19.8 Å². The minimum absolute atomic E-state index is 0.662. The van der Waals surface area contributed by atoms with Crippen LogP contribution in [0.2, 0.25) is 0 Å². The first-order chi connectivity index (χ1) is 8.83. The van der Waals surface area contributed by atoms with Crippen LogP contribution >= 0.6 is 0 Å². The molecule has 0 aliphatic rings. The van der Waals surface area contributed by atoms with E-state index in [0.717, 1.165) is 30.8 Å². The van der Waals surface area contributed by atoms with E-state index in [1.807, 2.05) is 0 Å². The van der Waals surface area contributed by atoms with Crippen molar-refractivity contribution in [1.29, 1.82) is 0 Å². The van der Waals surface area contributed by atoms with Gasteiger partial charge < -0.3 is 14.2 Å². The SMILES string of the molecule is CCCOc1c[c]cc(OCCC)c1OCCC. The summed E-state index contributed by atoms with van der Waals surface area (Å²) in [6.45, 7) is 8.24. The van der Waals surface area contributed by atoms with Gasteiger partial charge in [0, 0.05) is 0 Å². The van der Waals surface area contributed by atoms with Gasteiger partial charge in [0.15, 0.2) is 11.5 Å². The third-order valence-corrected chi connectivity index (χ3v) is 2.25. The maximum Gasteiger partial charge on any atom is 0.203 e. The van der Waals surface area contributed by atoms with Crippen molar-refractivity contribution in [1.82, 2.24) is 0 Å². The third kappa shape index (κ3) is 4.47. The molecule has 0 N–H and O–H groups in total. The predicted octanol–water partition coefficient (Wildman–Crippen LogP) is 3.85. The van der Waals surface area contributed by atoms with Gasteiger partial charge >= 0.3 is 0 Å². The molecule has 0 heterocycles. The summed E-state index contributed by atoms with van der Waals surface area (Å²) in [5.74, 6) is 2.15. The zero-order valence-corrected chi connectivity index (χ0v) is 11.6. The maximum atomic E-state index is 5.74. The lowest BCUT2D eigenvalue weighted by Crippen LogP contribution is -2.04. The molecule has 1 radical (unpaired) electrons. The summed E-state index contributed by atoms with van der Waals surface area (Å²) in [7, 11) is 0. The quantitative estimate of drug-likeness (QED) is 0.667. The average Bonchev–Trinajstić information content (AvgIpc) is 2.41. The van der Waals surface area contributed by atoms with E-state index >= 15 is 0 Å². The van der Waals surface area contributed by atoms with E-state index in [1.54, 1.807) is 12.1 Å². The molecule has 0 aliphatic carbocycles. The van der Waals surface area contributed by atoms with Crippen molar-refractivity contribution in [3.8, 4) is 17.2 Å². The van der Waals surface area contributed by atoms with E-state index in [0.29, 0.717) is 25.6 Å². The number of ether oxygens (including phenoxy) is 3. The molecule has 1 aromatic rings. The van der Waals surface area contributed by atoms with E-state index in [-0.39, 0.29) is 0 Å². The molecule has 0 unspecified atom stereocenters. The highest BCUT2D eigenvalue weighted by Gasteiger charge is 2.12. The fourth-order valence-corrected chi connectivity index (χ4v) is 1.43. The minimum atomic E-state index is 0.662. The predicted molar refractivity (Wildman–Crippen MR) is 72.6 cm³/mol. The molecular weight excluding hydrogens is 228 g/mol. The van der Waals surface area contributed by atoms with Gasteiger partial charge in [-0.05, 0) is 37.5 Å². The molecule has 3 heteroatoms. The average molecular weight is 251 g/mol. The van der Waals surface area contributed by atoms with Crippen molar-refractivity contribution in [3.63, 3.8) is 0 Å². The van der Waals surface area contributed by atoms with E-state index in [2.05, 4.69) is 26.8 Å². The second-order valence-electron chi connectivity index (χ2n) is 4.06. The van der Waals surface area contributed by atoms with Crippen molar-refractivity contribution >= 4 is 0 Å². The molecule has 1 rings (SSSR count). The molecule has 0 saturated heterocycles. The van der Waals surface area contributed by atoms with Gasteiger partial charge in [0.1, 0.15) is 0 Å². The molecule has 0 aromatic heterocycles. The summed E-state index contributed by atoms with van der Waals surface area (Å²) in [4.78, 5) is 0. The summed E-state index contributed by atoms with van der Waals surface area (Å²) in [5, 5.41) is 0. The Hall–Kier alpha value is -1.38. The summed E-state index contributed by atoms with van der Waals surface area (Å²) < 4.78 is 17.1. The van der Waals surface area contributed by atoms with E-state index in [9.17, 15) is 0 Å². The Kier molecular flexibility index (Phi) is 7.07. The van der Waals surface area contributed by atoms with E-state index in [4.69, 9.17) is 14.2 Å². The summed E-state index contributed by atoms with van der Waals surface area (Å²) >= 11 is 0. The topological polar surface area (TPSA) is 27.7 Å². The van der Waals surface area contributed by atoms with Crippen molar-refractivity contribution in [2.24, 2.45) is 0 Å². The van der Waals surface area contributed by atoms with Crippen LogP contribution in [0.15, 0.2) is 12.1 Å². The van der Waals surface area contributed by atoms with Gasteiger partial charge in [0.2, 0.25) is 5.75 Å². The van der Waals surface area contributed by atoms with Crippen molar-refractivity contribution in [2.45, 2.75) is 40.0 Å². The van der Waals surface area contributed by atoms with Crippen molar-refractivity contribution < 1.29 is 14.2 Å². The smallest absolute Gasteiger partial charge is 0.203 e. The number of hydrogen-bond acceptors (Lipinski definition) is 3. The van der Waals surface area contributed by atoms with Crippen LogP contribution in [0.4, 0.5) is 0 Å². The maximum absolute atomic E-state index is 5.74. The molecule has 0 atom stereocenters. The minimum Gasteiger partial charge on any atom is -0.490 e. The second kappa shape index (κ2) is 8.67.